The van der Waals surface area contributed by atoms with Crippen LogP contribution in [-0.4, -0.2) is 74.3 Å². The zero-order valence-corrected chi connectivity index (χ0v) is 49.4. The van der Waals surface area contributed by atoms with Gasteiger partial charge in [-0.15, -0.1) is 0 Å². The Hall–Kier alpha value is -3.07. The lowest BCUT2D eigenvalue weighted by Gasteiger charge is -2.27. The van der Waals surface area contributed by atoms with Crippen LogP contribution in [0.3, 0.4) is 0 Å². The predicted octanol–water partition coefficient (Wildman–Crippen LogP) is 18.4. The Morgan fingerprint density at radius 3 is 1.34 bits per heavy atom. The Kier molecular flexibility index (Phi) is 51.1. The number of nitrogens with zero attached hydrogens (tertiary/aromatic N) is 1. The zero-order valence-electron chi connectivity index (χ0n) is 48.6. The molecule has 0 aliphatic heterocycles. The molecule has 74 heavy (non-hydrogen) atoms. The van der Waals surface area contributed by atoms with E-state index in [9.17, 15) is 19.0 Å². The molecule has 426 valence electrons. The maximum absolute atomic E-state index is 13.5. The molecule has 0 bridgehead atoms. The molecule has 3 unspecified atom stereocenters. The number of ether oxygens (including phenoxy) is 1. The van der Waals surface area contributed by atoms with E-state index in [4.69, 9.17) is 13.8 Å². The summed E-state index contributed by atoms with van der Waals surface area (Å²) in [5, 5.41) is 3.04. The van der Waals surface area contributed by atoms with E-state index in [1.165, 1.54) is 96.3 Å². The van der Waals surface area contributed by atoms with Crippen LogP contribution >= 0.6 is 7.82 Å². The highest BCUT2D eigenvalue weighted by Gasteiger charge is 2.30. The van der Waals surface area contributed by atoms with Gasteiger partial charge in [-0.1, -0.05) is 221 Å². The van der Waals surface area contributed by atoms with Crippen LogP contribution in [0.1, 0.15) is 245 Å². The van der Waals surface area contributed by atoms with Gasteiger partial charge in [-0.2, -0.15) is 0 Å². The minimum atomic E-state index is -4.46. The molecule has 0 aliphatic carbocycles. The Morgan fingerprint density at radius 2 is 0.865 bits per heavy atom. The summed E-state index contributed by atoms with van der Waals surface area (Å²) in [4.78, 5) is 37.7. The zero-order chi connectivity index (χ0) is 54.3. The third-order valence-electron chi connectivity index (χ3n) is 12.8. The highest BCUT2D eigenvalue weighted by atomic mass is 31.2. The van der Waals surface area contributed by atoms with E-state index in [0.717, 1.165) is 109 Å². The molecular weight excluding hydrogens is 940 g/mol. The van der Waals surface area contributed by atoms with E-state index in [1.807, 2.05) is 33.3 Å². The van der Waals surface area contributed by atoms with Gasteiger partial charge in [0.05, 0.1) is 33.8 Å². The lowest BCUT2D eigenvalue weighted by molar-refractivity contribution is -0.870. The molecule has 3 atom stereocenters. The van der Waals surface area contributed by atoms with Crippen molar-refractivity contribution in [2.75, 3.05) is 40.9 Å². The molecule has 9 nitrogen and oxygen atoms in total. The summed E-state index contributed by atoms with van der Waals surface area (Å²) in [5.41, 5.74) is 0. The molecule has 0 fully saturated rings. The Balaban J connectivity index is 5.38. The van der Waals surface area contributed by atoms with Crippen LogP contribution < -0.4 is 5.32 Å². The van der Waals surface area contributed by atoms with Crippen LogP contribution in [0, 0.1) is 0 Å². The second-order valence-corrected chi connectivity index (χ2v) is 22.6. The predicted molar refractivity (Wildman–Crippen MR) is 318 cm³/mol. The number of hydrogen-bond acceptors (Lipinski definition) is 6. The van der Waals surface area contributed by atoms with E-state index in [1.54, 1.807) is 0 Å². The molecule has 0 aromatic rings. The summed E-state index contributed by atoms with van der Waals surface area (Å²) in [5.74, 6) is -0.556. The van der Waals surface area contributed by atoms with E-state index in [0.29, 0.717) is 23.9 Å². The van der Waals surface area contributed by atoms with E-state index < -0.39 is 20.0 Å². The van der Waals surface area contributed by atoms with Crippen molar-refractivity contribution >= 4 is 19.7 Å². The minimum Gasteiger partial charge on any atom is -0.456 e. The third kappa shape index (κ3) is 53.7. The average Bonchev–Trinajstić information content (AvgIpc) is 3.36. The smallest absolute Gasteiger partial charge is 0.456 e. The van der Waals surface area contributed by atoms with Gasteiger partial charge in [0.15, 0.2) is 0 Å². The molecule has 2 N–H and O–H groups in total. The first-order chi connectivity index (χ1) is 35.9. The molecule has 0 spiro atoms. The molecule has 10 heteroatoms. The number of carbonyl (C=O) groups is 2. The summed E-state index contributed by atoms with van der Waals surface area (Å²) in [6.45, 7) is 6.83. The highest BCUT2D eigenvalue weighted by Crippen LogP contribution is 2.43. The highest BCUT2D eigenvalue weighted by molar-refractivity contribution is 7.47. The summed E-state index contributed by atoms with van der Waals surface area (Å²) in [6, 6.07) is -0.871. The van der Waals surface area contributed by atoms with Crippen LogP contribution in [0.15, 0.2) is 97.2 Å². The molecule has 1 amide bonds. The van der Waals surface area contributed by atoms with E-state index in [-0.39, 0.29) is 31.5 Å². The monoisotopic (exact) mass is 1050 g/mol. The molecule has 0 aromatic heterocycles. The van der Waals surface area contributed by atoms with Crippen molar-refractivity contribution in [1.82, 2.24) is 5.32 Å². The number of quaternary nitrogens is 1. The number of phosphoric ester groups is 1. The van der Waals surface area contributed by atoms with Crippen LogP contribution in [0.5, 0.6) is 0 Å². The number of hydrogen-bond donors (Lipinski definition) is 2. The van der Waals surface area contributed by atoms with Gasteiger partial charge >= 0.3 is 13.8 Å². The van der Waals surface area contributed by atoms with Gasteiger partial charge in [0, 0.05) is 12.8 Å². The summed E-state index contributed by atoms with van der Waals surface area (Å²) in [7, 11) is 1.46. The number of likely N-dealkylation sites (N-methyl/N-ethyl adjacent to an activating group) is 1. The van der Waals surface area contributed by atoms with Crippen molar-refractivity contribution < 1.29 is 37.3 Å². The fraction of sp³-hybridized carbons (Fsp3) is 0.719. The molecule has 0 aromatic carbocycles. The van der Waals surface area contributed by atoms with Gasteiger partial charge in [-0.3, -0.25) is 18.6 Å². The first-order valence-corrected chi connectivity index (χ1v) is 31.6. The molecule has 0 heterocycles. The second-order valence-electron chi connectivity index (χ2n) is 21.1. The van der Waals surface area contributed by atoms with Gasteiger partial charge in [0.25, 0.3) is 0 Å². The molecule has 0 radical (unpaired) electrons. The van der Waals surface area contributed by atoms with Crippen LogP contribution in [0.4, 0.5) is 0 Å². The molecule has 0 saturated heterocycles. The van der Waals surface area contributed by atoms with Gasteiger partial charge in [-0.05, 0) is 109 Å². The fourth-order valence-electron chi connectivity index (χ4n) is 8.11. The van der Waals surface area contributed by atoms with Gasteiger partial charge in [0.2, 0.25) is 5.91 Å². The number of amides is 1. The number of unbranched alkanes of at least 4 members (excludes halogenated alkanes) is 23. The molecular formula is C64H114N2O7P+. The number of allylic oxidation sites excluding steroid dienone is 15. The van der Waals surface area contributed by atoms with E-state index in [2.05, 4.69) is 111 Å². The van der Waals surface area contributed by atoms with Crippen molar-refractivity contribution in [3.05, 3.63) is 97.2 Å². The number of rotatable bonds is 53. The lowest BCUT2D eigenvalue weighted by atomic mass is 10.0. The third-order valence-corrected chi connectivity index (χ3v) is 13.7. The topological polar surface area (TPSA) is 111 Å². The average molecular weight is 1050 g/mol. The number of carbonyl (C=O) groups excluding carboxylic acids is 2. The molecule has 0 aliphatic rings. The summed E-state index contributed by atoms with van der Waals surface area (Å²) < 4.78 is 30.6. The SMILES string of the molecule is CC/C=C\C/C=C\C/C=C\C/C=C\C/C=C\CCCCCC(=O)OC(/C=C/CCCCCCCCCCCC)C(COP(=O)(O)OCC[N+](C)(C)C)NC(=O)CCCCCCCCC/C=C\C/C=C\CCCCC. The van der Waals surface area contributed by atoms with Crippen molar-refractivity contribution in [3.8, 4) is 0 Å². The minimum absolute atomic E-state index is 0.0285. The first-order valence-electron chi connectivity index (χ1n) is 30.1. The van der Waals surface area contributed by atoms with Gasteiger partial charge in [-0.25, -0.2) is 4.57 Å². The fourth-order valence-corrected chi connectivity index (χ4v) is 8.85. The second kappa shape index (κ2) is 53.3. The van der Waals surface area contributed by atoms with Crippen LogP contribution in [0.2, 0.25) is 0 Å². The van der Waals surface area contributed by atoms with Crippen molar-refractivity contribution in [3.63, 3.8) is 0 Å². The number of nitrogens with one attached hydrogen (secondary N) is 1. The van der Waals surface area contributed by atoms with E-state index >= 15 is 0 Å². The molecule has 0 rings (SSSR count). The maximum Gasteiger partial charge on any atom is 0.472 e. The Bertz CT molecular complexity index is 1590. The van der Waals surface area contributed by atoms with Gasteiger partial charge in [0.1, 0.15) is 19.3 Å². The largest absolute Gasteiger partial charge is 0.472 e. The standard InChI is InChI=1S/C64H113N2O7P/c1-7-10-13-16-19-22-25-28-30-32-33-35-37-39-42-45-48-51-54-57-64(68)73-62(55-52-49-46-43-40-27-24-21-18-15-12-9-3)61(60-72-74(69,70)71-59-58-66(4,5)6)65-63(67)56-53-50-47-44-41-38-36-34-31-29-26-23-20-17-14-11-8-2/h10,13,19-20,22-23,28-31,33,35,39,42,52,55,61-62H,7-9,11-12,14-18,21,24-27,32,34,36-38,40-41,43-51,53-54,56-60H2,1-6H3,(H-,65,67,69,70)/p+1/b13-10-,22-19-,23-20-,30-28-,31-29-,35-33-,42-39-,55-52+. The quantitative estimate of drug-likeness (QED) is 0.0205. The lowest BCUT2D eigenvalue weighted by Crippen LogP contribution is -2.47. The summed E-state index contributed by atoms with van der Waals surface area (Å²) in [6.07, 6.45) is 71.1. The maximum atomic E-state index is 13.5. The Labute approximate surface area is 456 Å². The van der Waals surface area contributed by atoms with Crippen LogP contribution in [-0.2, 0) is 27.9 Å². The number of esters is 1. The molecule has 0 saturated carbocycles. The number of phosphoric acid groups is 1. The van der Waals surface area contributed by atoms with Crippen molar-refractivity contribution in [2.45, 2.75) is 258 Å². The van der Waals surface area contributed by atoms with Crippen LogP contribution in [0.25, 0.3) is 0 Å². The van der Waals surface area contributed by atoms with Gasteiger partial charge < -0.3 is 19.4 Å². The Morgan fingerprint density at radius 1 is 0.486 bits per heavy atom. The first kappa shape index (κ1) is 70.9. The summed E-state index contributed by atoms with van der Waals surface area (Å²) >= 11 is 0. The normalized spacial score (nSPS) is 14.4. The van der Waals surface area contributed by atoms with Crippen molar-refractivity contribution in [1.29, 1.82) is 0 Å². The van der Waals surface area contributed by atoms with Crippen molar-refractivity contribution in [2.24, 2.45) is 0 Å².